The minimum absolute atomic E-state index is 0.0902. The summed E-state index contributed by atoms with van der Waals surface area (Å²) in [7, 11) is 5.21. The number of hydrogen-bond donors (Lipinski definition) is 2. The second kappa shape index (κ2) is 12.6. The molecule has 3 aromatic carbocycles. The third-order valence-corrected chi connectivity index (χ3v) is 5.43. The van der Waals surface area contributed by atoms with Crippen LogP contribution in [0.25, 0.3) is 6.08 Å². The Morgan fingerprint density at radius 3 is 2.57 bits per heavy atom. The Kier molecular flexibility index (Phi) is 9.29. The summed E-state index contributed by atoms with van der Waals surface area (Å²) in [6, 6.07) is 18.1. The van der Waals surface area contributed by atoms with Gasteiger partial charge in [-0.05, 0) is 48.5 Å². The van der Waals surface area contributed by atoms with Crippen molar-refractivity contribution in [3.63, 3.8) is 0 Å². The van der Waals surface area contributed by atoms with Gasteiger partial charge in [0.2, 0.25) is 0 Å². The van der Waals surface area contributed by atoms with E-state index >= 15 is 0 Å². The molecule has 0 fully saturated rings. The number of likely N-dealkylation sites (N-methyl/N-ethyl adjacent to an activating group) is 1. The third kappa shape index (κ3) is 7.34. The molecule has 8 heteroatoms. The van der Waals surface area contributed by atoms with Gasteiger partial charge >= 0.3 is 0 Å². The molecule has 0 aliphatic heterocycles. The summed E-state index contributed by atoms with van der Waals surface area (Å²) in [6.45, 7) is 1.58. The fraction of sp³-hybridized carbons (Fsp3) is 0.185. The van der Waals surface area contributed by atoms with Gasteiger partial charge in [-0.3, -0.25) is 9.69 Å². The van der Waals surface area contributed by atoms with E-state index in [1.807, 2.05) is 30.3 Å². The lowest BCUT2D eigenvalue weighted by molar-refractivity contribution is 0.0955. The normalized spacial score (nSPS) is 11.3. The molecule has 0 unspecified atom stereocenters. The van der Waals surface area contributed by atoms with Crippen LogP contribution in [0.1, 0.15) is 27.0 Å². The molecule has 1 amide bonds. The van der Waals surface area contributed by atoms with Gasteiger partial charge in [0, 0.05) is 24.2 Å². The number of hydrazone groups is 1. The van der Waals surface area contributed by atoms with Gasteiger partial charge in [0.1, 0.15) is 5.75 Å². The van der Waals surface area contributed by atoms with E-state index in [0.717, 1.165) is 18.7 Å². The first-order valence-corrected chi connectivity index (χ1v) is 11.3. The van der Waals surface area contributed by atoms with Gasteiger partial charge < -0.3 is 14.6 Å². The van der Waals surface area contributed by atoms with E-state index in [2.05, 4.69) is 40.7 Å². The molecule has 0 aliphatic carbocycles. The Morgan fingerprint density at radius 2 is 1.89 bits per heavy atom. The Balaban J connectivity index is 1.71. The van der Waals surface area contributed by atoms with Crippen LogP contribution >= 0.6 is 11.6 Å². The smallest absolute Gasteiger partial charge is 0.271 e. The van der Waals surface area contributed by atoms with Crippen LogP contribution in [0.5, 0.6) is 17.2 Å². The predicted octanol–water partition coefficient (Wildman–Crippen LogP) is 4.97. The highest BCUT2D eigenvalue weighted by Gasteiger charge is 2.11. The average Bonchev–Trinajstić information content (AvgIpc) is 2.85. The van der Waals surface area contributed by atoms with Crippen LogP contribution in [0.3, 0.4) is 0 Å². The van der Waals surface area contributed by atoms with E-state index in [1.165, 1.54) is 30.0 Å². The van der Waals surface area contributed by atoms with E-state index < -0.39 is 5.91 Å². The lowest BCUT2D eigenvalue weighted by Crippen LogP contribution is -2.17. The number of hydrogen-bond acceptors (Lipinski definition) is 6. The molecule has 0 spiro atoms. The number of carbonyl (C=O) groups is 1. The van der Waals surface area contributed by atoms with Crippen molar-refractivity contribution in [3.05, 3.63) is 94.0 Å². The number of phenols is 1. The van der Waals surface area contributed by atoms with Gasteiger partial charge in [0.25, 0.3) is 5.91 Å². The predicted molar refractivity (Wildman–Crippen MR) is 140 cm³/mol. The molecule has 3 rings (SSSR count). The maximum atomic E-state index is 12.3. The third-order valence-electron chi connectivity index (χ3n) is 5.13. The van der Waals surface area contributed by atoms with Gasteiger partial charge in [-0.2, -0.15) is 5.10 Å². The van der Waals surface area contributed by atoms with Crippen LogP contribution in [0.15, 0.2) is 71.8 Å². The fourth-order valence-electron chi connectivity index (χ4n) is 3.41. The number of carbonyl (C=O) groups excluding carboxylic acids is 1. The lowest BCUT2D eigenvalue weighted by Gasteiger charge is -2.15. The van der Waals surface area contributed by atoms with Crippen LogP contribution in [0.2, 0.25) is 5.02 Å². The van der Waals surface area contributed by atoms with Gasteiger partial charge in [-0.1, -0.05) is 54.1 Å². The summed E-state index contributed by atoms with van der Waals surface area (Å²) in [5.74, 6) is 0.605. The molecule has 7 nitrogen and oxygen atoms in total. The quantitative estimate of drug-likeness (QED) is 0.308. The highest BCUT2D eigenvalue weighted by Crippen LogP contribution is 2.33. The SMILES string of the molecule is COc1cc(/C=N/NC(=O)c2ccc(O)c(Cl)c2)cc(/C=C/CN(C)Cc2ccccc2)c1OC. The topological polar surface area (TPSA) is 83.4 Å². The Hall–Kier alpha value is -3.81. The van der Waals surface area contributed by atoms with Crippen molar-refractivity contribution >= 4 is 29.8 Å². The van der Waals surface area contributed by atoms with Gasteiger partial charge in [0.05, 0.1) is 25.5 Å². The van der Waals surface area contributed by atoms with Crippen LogP contribution < -0.4 is 14.9 Å². The Labute approximate surface area is 210 Å². The van der Waals surface area contributed by atoms with Crippen LogP contribution in [0, 0.1) is 0 Å². The first-order chi connectivity index (χ1) is 16.9. The number of amides is 1. The highest BCUT2D eigenvalue weighted by atomic mass is 35.5. The number of nitrogens with one attached hydrogen (secondary N) is 1. The number of ether oxygens (including phenoxy) is 2. The molecule has 0 aromatic heterocycles. The van der Waals surface area contributed by atoms with Crippen molar-refractivity contribution < 1.29 is 19.4 Å². The molecule has 0 saturated carbocycles. The number of phenolic OH excluding ortho intramolecular Hbond substituents is 1. The van der Waals surface area contributed by atoms with Crippen LogP contribution in [-0.2, 0) is 6.54 Å². The summed E-state index contributed by atoms with van der Waals surface area (Å²) in [5.41, 5.74) is 5.51. The molecule has 3 aromatic rings. The van der Waals surface area contributed by atoms with Crippen molar-refractivity contribution in [2.75, 3.05) is 27.8 Å². The average molecular weight is 494 g/mol. The molecule has 0 radical (unpaired) electrons. The molecular weight excluding hydrogens is 466 g/mol. The van der Waals surface area contributed by atoms with Crippen molar-refractivity contribution in [1.82, 2.24) is 10.3 Å². The molecule has 0 aliphatic rings. The maximum Gasteiger partial charge on any atom is 0.271 e. The number of rotatable bonds is 10. The maximum absolute atomic E-state index is 12.3. The zero-order valence-electron chi connectivity index (χ0n) is 19.9. The van der Waals surface area contributed by atoms with Gasteiger partial charge in [-0.15, -0.1) is 0 Å². The van der Waals surface area contributed by atoms with E-state index in [9.17, 15) is 9.90 Å². The van der Waals surface area contributed by atoms with Crippen LogP contribution in [-0.4, -0.2) is 49.9 Å². The number of methoxy groups -OCH3 is 2. The van der Waals surface area contributed by atoms with Crippen molar-refractivity contribution in [3.8, 4) is 17.2 Å². The number of aromatic hydroxyl groups is 1. The molecule has 182 valence electrons. The molecular formula is C27H28ClN3O4. The molecule has 2 N–H and O–H groups in total. The van der Waals surface area contributed by atoms with E-state index in [4.69, 9.17) is 21.1 Å². The van der Waals surface area contributed by atoms with E-state index in [-0.39, 0.29) is 16.3 Å². The van der Waals surface area contributed by atoms with Gasteiger partial charge in [-0.25, -0.2) is 5.43 Å². The fourth-order valence-corrected chi connectivity index (χ4v) is 3.59. The van der Waals surface area contributed by atoms with E-state index in [1.54, 1.807) is 20.3 Å². The number of nitrogens with zero attached hydrogens (tertiary/aromatic N) is 2. The standard InChI is InChI=1S/C27H28ClN3O4/c1-31(18-19-8-5-4-6-9-19)13-7-10-21-14-20(15-25(34-2)26(21)35-3)17-29-30-27(33)22-11-12-24(32)23(28)16-22/h4-12,14-17,32H,13,18H2,1-3H3,(H,30,33)/b10-7+,29-17+. The first-order valence-electron chi connectivity index (χ1n) is 10.9. The monoisotopic (exact) mass is 493 g/mol. The summed E-state index contributed by atoms with van der Waals surface area (Å²) in [6.07, 6.45) is 5.54. The minimum atomic E-state index is -0.454. The second-order valence-corrected chi connectivity index (χ2v) is 8.20. The number of halogens is 1. The molecule has 0 atom stereocenters. The van der Waals surface area contributed by atoms with E-state index in [0.29, 0.717) is 17.1 Å². The summed E-state index contributed by atoms with van der Waals surface area (Å²) < 4.78 is 11.0. The second-order valence-electron chi connectivity index (χ2n) is 7.80. The Morgan fingerprint density at radius 1 is 1.11 bits per heavy atom. The zero-order valence-corrected chi connectivity index (χ0v) is 20.6. The zero-order chi connectivity index (χ0) is 25.2. The largest absolute Gasteiger partial charge is 0.506 e. The molecule has 35 heavy (non-hydrogen) atoms. The summed E-state index contributed by atoms with van der Waals surface area (Å²) >= 11 is 5.87. The highest BCUT2D eigenvalue weighted by molar-refractivity contribution is 6.32. The minimum Gasteiger partial charge on any atom is -0.506 e. The van der Waals surface area contributed by atoms with Crippen molar-refractivity contribution in [2.45, 2.75) is 6.54 Å². The van der Waals surface area contributed by atoms with Crippen LogP contribution in [0.4, 0.5) is 0 Å². The molecule has 0 heterocycles. The summed E-state index contributed by atoms with van der Waals surface area (Å²) in [5, 5.41) is 13.6. The lowest BCUT2D eigenvalue weighted by atomic mass is 10.1. The van der Waals surface area contributed by atoms with Crippen molar-refractivity contribution in [2.24, 2.45) is 5.10 Å². The first kappa shape index (κ1) is 25.8. The summed E-state index contributed by atoms with van der Waals surface area (Å²) in [4.78, 5) is 14.5. The Bertz CT molecular complexity index is 1210. The molecule has 0 bridgehead atoms. The number of benzene rings is 3. The van der Waals surface area contributed by atoms with Crippen molar-refractivity contribution in [1.29, 1.82) is 0 Å². The molecule has 0 saturated heterocycles. The van der Waals surface area contributed by atoms with Gasteiger partial charge in [0.15, 0.2) is 11.5 Å².